The smallest absolute Gasteiger partial charge is 0.239 e. The zero-order valence-corrected chi connectivity index (χ0v) is 13.3. The highest BCUT2D eigenvalue weighted by molar-refractivity contribution is 8.00. The maximum absolute atomic E-state index is 12.2. The average Bonchev–Trinajstić information content (AvgIpc) is 3.20. The molecule has 0 aliphatic heterocycles. The first-order valence-electron chi connectivity index (χ1n) is 6.56. The van der Waals surface area contributed by atoms with Crippen LogP contribution in [-0.4, -0.2) is 31.3 Å². The molecule has 1 atom stereocenters. The molecule has 8 heteroatoms. The summed E-state index contributed by atoms with van der Waals surface area (Å²) in [7, 11) is 0. The van der Waals surface area contributed by atoms with Crippen molar-refractivity contribution in [3.05, 3.63) is 42.0 Å². The number of amides is 1. The van der Waals surface area contributed by atoms with E-state index >= 15 is 0 Å². The van der Waals surface area contributed by atoms with E-state index in [0.717, 1.165) is 11.3 Å². The zero-order valence-electron chi connectivity index (χ0n) is 11.7. The molecule has 0 radical (unpaired) electrons. The lowest BCUT2D eigenvalue weighted by atomic mass is 10.2. The van der Waals surface area contributed by atoms with Crippen molar-refractivity contribution in [1.29, 1.82) is 0 Å². The highest BCUT2D eigenvalue weighted by Gasteiger charge is 2.17. The van der Waals surface area contributed by atoms with Crippen LogP contribution in [0.1, 0.15) is 6.92 Å². The average molecular weight is 331 g/mol. The van der Waals surface area contributed by atoms with Crippen LogP contribution in [0, 0.1) is 0 Å². The normalized spacial score (nSPS) is 12.0. The van der Waals surface area contributed by atoms with Crippen molar-refractivity contribution < 1.29 is 4.79 Å². The van der Waals surface area contributed by atoms with Gasteiger partial charge in [0.05, 0.1) is 10.9 Å². The van der Waals surface area contributed by atoms with E-state index in [2.05, 4.69) is 25.5 Å². The number of carbonyl (C=O) groups excluding carboxylic acids is 1. The van der Waals surface area contributed by atoms with Crippen molar-refractivity contribution in [2.24, 2.45) is 0 Å². The molecule has 6 nitrogen and oxygen atoms in total. The summed E-state index contributed by atoms with van der Waals surface area (Å²) in [5, 5.41) is 12.2. The minimum Gasteiger partial charge on any atom is -0.301 e. The Hall–Kier alpha value is -2.19. The topological polar surface area (TPSA) is 83.6 Å². The van der Waals surface area contributed by atoms with Gasteiger partial charge in [0.15, 0.2) is 10.3 Å². The van der Waals surface area contributed by atoms with Crippen LogP contribution in [0.25, 0.3) is 11.3 Å². The van der Waals surface area contributed by atoms with Crippen molar-refractivity contribution in [1.82, 2.24) is 20.2 Å². The Labute approximate surface area is 135 Å². The van der Waals surface area contributed by atoms with E-state index in [1.54, 1.807) is 0 Å². The number of aromatic amines is 1. The van der Waals surface area contributed by atoms with Gasteiger partial charge >= 0.3 is 0 Å². The Morgan fingerprint density at radius 3 is 2.91 bits per heavy atom. The minimum absolute atomic E-state index is 0.115. The number of H-pyrrole nitrogens is 1. The van der Waals surface area contributed by atoms with Gasteiger partial charge in [-0.3, -0.25) is 9.89 Å². The summed E-state index contributed by atoms with van der Waals surface area (Å²) < 4.78 is 0. The van der Waals surface area contributed by atoms with Gasteiger partial charge in [0.2, 0.25) is 5.91 Å². The summed E-state index contributed by atoms with van der Waals surface area (Å²) in [6.07, 6.45) is 1.42. The molecule has 0 saturated heterocycles. The van der Waals surface area contributed by atoms with Crippen molar-refractivity contribution in [3.8, 4) is 11.3 Å². The van der Waals surface area contributed by atoms with Crippen molar-refractivity contribution >= 4 is 34.1 Å². The molecule has 22 heavy (non-hydrogen) atoms. The standard InChI is InChI=1S/C14H13N5OS2/c1-9(22-13-15-8-16-19-13)12(20)18-14-17-11(7-21-14)10-5-3-2-4-6-10/h2-9H,1H3,(H,15,16,19)(H,17,18,20)/t9-/m1/s1. The lowest BCUT2D eigenvalue weighted by Gasteiger charge is -2.07. The second kappa shape index (κ2) is 6.71. The first-order chi connectivity index (χ1) is 10.7. The molecular formula is C14H13N5OS2. The number of hydrogen-bond donors (Lipinski definition) is 2. The van der Waals surface area contributed by atoms with Crippen LogP contribution in [0.2, 0.25) is 0 Å². The molecule has 1 amide bonds. The quantitative estimate of drug-likeness (QED) is 0.702. The van der Waals surface area contributed by atoms with Crippen LogP contribution in [0.4, 0.5) is 5.13 Å². The van der Waals surface area contributed by atoms with E-state index in [1.807, 2.05) is 42.6 Å². The van der Waals surface area contributed by atoms with E-state index in [1.165, 1.54) is 29.4 Å². The molecule has 0 bridgehead atoms. The number of rotatable bonds is 5. The first-order valence-corrected chi connectivity index (χ1v) is 8.32. The molecule has 0 fully saturated rings. The fourth-order valence-electron chi connectivity index (χ4n) is 1.75. The highest BCUT2D eigenvalue weighted by Crippen LogP contribution is 2.26. The summed E-state index contributed by atoms with van der Waals surface area (Å²) in [4.78, 5) is 20.6. The van der Waals surface area contributed by atoms with Gasteiger partial charge in [0, 0.05) is 10.9 Å². The van der Waals surface area contributed by atoms with E-state index in [-0.39, 0.29) is 11.2 Å². The molecule has 1 aromatic carbocycles. The maximum atomic E-state index is 12.2. The van der Waals surface area contributed by atoms with Gasteiger partial charge in [-0.05, 0) is 6.92 Å². The molecule has 112 valence electrons. The zero-order chi connectivity index (χ0) is 15.4. The lowest BCUT2D eigenvalue weighted by molar-refractivity contribution is -0.115. The van der Waals surface area contributed by atoms with Crippen LogP contribution < -0.4 is 5.32 Å². The van der Waals surface area contributed by atoms with Gasteiger partial charge in [-0.2, -0.15) is 5.10 Å². The van der Waals surface area contributed by atoms with Gasteiger partial charge in [-0.15, -0.1) is 11.3 Å². The third kappa shape index (κ3) is 3.52. The molecule has 3 rings (SSSR count). The largest absolute Gasteiger partial charge is 0.301 e. The number of aromatic nitrogens is 4. The number of hydrogen-bond acceptors (Lipinski definition) is 6. The summed E-state index contributed by atoms with van der Waals surface area (Å²) in [5.41, 5.74) is 1.89. The molecule has 2 heterocycles. The second-order valence-electron chi connectivity index (χ2n) is 4.44. The second-order valence-corrected chi connectivity index (χ2v) is 6.63. The summed E-state index contributed by atoms with van der Waals surface area (Å²) in [6.45, 7) is 1.81. The first kappa shape index (κ1) is 14.7. The van der Waals surface area contributed by atoms with Gasteiger partial charge in [0.1, 0.15) is 6.33 Å². The predicted octanol–water partition coefficient (Wildman–Crippen LogP) is 3.05. The number of anilines is 1. The van der Waals surface area contributed by atoms with E-state index < -0.39 is 0 Å². The number of nitrogens with one attached hydrogen (secondary N) is 2. The molecule has 2 N–H and O–H groups in total. The van der Waals surface area contributed by atoms with Gasteiger partial charge in [-0.25, -0.2) is 9.97 Å². The van der Waals surface area contributed by atoms with Crippen molar-refractivity contribution in [2.45, 2.75) is 17.3 Å². The number of thiazole rings is 1. The number of benzene rings is 1. The molecule has 0 aliphatic rings. The van der Waals surface area contributed by atoms with E-state index in [9.17, 15) is 4.79 Å². The summed E-state index contributed by atoms with van der Waals surface area (Å²) in [5.74, 6) is -0.115. The van der Waals surface area contributed by atoms with E-state index in [4.69, 9.17) is 0 Å². The van der Waals surface area contributed by atoms with Crippen LogP contribution in [0.5, 0.6) is 0 Å². The van der Waals surface area contributed by atoms with Crippen LogP contribution in [0.15, 0.2) is 47.2 Å². The fourth-order valence-corrected chi connectivity index (χ4v) is 3.19. The third-order valence-corrected chi connectivity index (χ3v) is 4.60. The Bertz CT molecular complexity index is 742. The molecule has 0 spiro atoms. The Morgan fingerprint density at radius 1 is 1.36 bits per heavy atom. The summed E-state index contributed by atoms with van der Waals surface area (Å²) >= 11 is 2.73. The Morgan fingerprint density at radius 2 is 2.18 bits per heavy atom. The van der Waals surface area contributed by atoms with Crippen LogP contribution >= 0.6 is 23.1 Å². The molecule has 3 aromatic rings. The van der Waals surface area contributed by atoms with Gasteiger partial charge in [-0.1, -0.05) is 42.1 Å². The van der Waals surface area contributed by atoms with Crippen molar-refractivity contribution in [2.75, 3.05) is 5.32 Å². The number of carbonyl (C=O) groups is 1. The fraction of sp³-hybridized carbons (Fsp3) is 0.143. The number of nitrogens with zero attached hydrogens (tertiary/aromatic N) is 3. The Balaban J connectivity index is 1.63. The number of thioether (sulfide) groups is 1. The molecule has 2 aromatic heterocycles. The third-order valence-electron chi connectivity index (χ3n) is 2.85. The lowest BCUT2D eigenvalue weighted by Crippen LogP contribution is -2.22. The predicted molar refractivity (Wildman–Crippen MR) is 87.9 cm³/mol. The molecule has 0 saturated carbocycles. The summed E-state index contributed by atoms with van der Waals surface area (Å²) in [6, 6.07) is 9.86. The van der Waals surface area contributed by atoms with Gasteiger partial charge < -0.3 is 5.32 Å². The highest BCUT2D eigenvalue weighted by atomic mass is 32.2. The maximum Gasteiger partial charge on any atom is 0.239 e. The van der Waals surface area contributed by atoms with Crippen LogP contribution in [-0.2, 0) is 4.79 Å². The monoisotopic (exact) mass is 331 g/mol. The van der Waals surface area contributed by atoms with Crippen LogP contribution in [0.3, 0.4) is 0 Å². The Kier molecular flexibility index (Phi) is 4.50. The minimum atomic E-state index is -0.294. The van der Waals surface area contributed by atoms with Crippen molar-refractivity contribution in [3.63, 3.8) is 0 Å². The van der Waals surface area contributed by atoms with Gasteiger partial charge in [0.25, 0.3) is 0 Å². The SMILES string of the molecule is C[C@@H](Sc1ncn[nH]1)C(=O)Nc1nc(-c2ccccc2)cs1. The molecule has 0 aliphatic carbocycles. The van der Waals surface area contributed by atoms with E-state index in [0.29, 0.717) is 10.3 Å². The molecule has 0 unspecified atom stereocenters. The molecular weight excluding hydrogens is 318 g/mol.